The van der Waals surface area contributed by atoms with E-state index in [0.717, 1.165) is 13.0 Å². The lowest BCUT2D eigenvalue weighted by molar-refractivity contribution is 1.10. The van der Waals surface area contributed by atoms with E-state index in [1.807, 2.05) is 6.92 Å². The number of aliphatic imine (C=N–C) groups is 1. The number of hydrogen-bond donors (Lipinski definition) is 0. The number of rotatable bonds is 3. The van der Waals surface area contributed by atoms with Crippen molar-refractivity contribution in [2.45, 2.75) is 34.1 Å². The Labute approximate surface area is 63.9 Å². The fraction of sp³-hybridized carbons (Fsp3) is 0.667. The molecule has 1 nitrogen and oxygen atoms in total. The average Bonchev–Trinajstić information content (AvgIpc) is 1.99. The lowest BCUT2D eigenvalue weighted by atomic mass is 10.3. The third kappa shape index (κ3) is 4.30. The molecule has 0 amide bonds. The van der Waals surface area contributed by atoms with Crippen molar-refractivity contribution in [3.8, 4) is 0 Å². The van der Waals surface area contributed by atoms with E-state index in [9.17, 15) is 0 Å². The van der Waals surface area contributed by atoms with Crippen LogP contribution >= 0.6 is 0 Å². The first-order valence-electron chi connectivity index (χ1n) is 3.82. The molecule has 0 aromatic heterocycles. The topological polar surface area (TPSA) is 12.4 Å². The van der Waals surface area contributed by atoms with Gasteiger partial charge in [0.05, 0.1) is 6.54 Å². The molecule has 0 aromatic rings. The SMILES string of the molecule is C/C=C(\C)C/N=C(/C)CC. The van der Waals surface area contributed by atoms with Crippen molar-refractivity contribution < 1.29 is 0 Å². The van der Waals surface area contributed by atoms with Gasteiger partial charge in [-0.3, -0.25) is 4.99 Å². The van der Waals surface area contributed by atoms with Gasteiger partial charge in [0.25, 0.3) is 0 Å². The van der Waals surface area contributed by atoms with Crippen LogP contribution in [0.2, 0.25) is 0 Å². The van der Waals surface area contributed by atoms with Crippen molar-refractivity contribution >= 4 is 5.71 Å². The van der Waals surface area contributed by atoms with E-state index in [0.29, 0.717) is 0 Å². The monoisotopic (exact) mass is 139 g/mol. The molecule has 0 N–H and O–H groups in total. The first-order valence-corrected chi connectivity index (χ1v) is 3.82. The maximum absolute atomic E-state index is 4.36. The summed E-state index contributed by atoms with van der Waals surface area (Å²) < 4.78 is 0. The molecule has 0 rings (SSSR count). The van der Waals surface area contributed by atoms with Gasteiger partial charge in [-0.2, -0.15) is 0 Å². The molecule has 0 aliphatic rings. The lowest BCUT2D eigenvalue weighted by Crippen LogP contribution is -1.91. The molecular weight excluding hydrogens is 122 g/mol. The number of allylic oxidation sites excluding steroid dienone is 1. The number of hydrogen-bond acceptors (Lipinski definition) is 1. The van der Waals surface area contributed by atoms with Crippen LogP contribution in [0.1, 0.15) is 34.1 Å². The molecule has 0 fully saturated rings. The highest BCUT2D eigenvalue weighted by molar-refractivity contribution is 5.81. The van der Waals surface area contributed by atoms with Gasteiger partial charge in [0.15, 0.2) is 0 Å². The second kappa shape index (κ2) is 5.21. The van der Waals surface area contributed by atoms with Crippen LogP contribution in [0.3, 0.4) is 0 Å². The average molecular weight is 139 g/mol. The second-order valence-electron chi connectivity index (χ2n) is 2.54. The number of nitrogens with zero attached hydrogens (tertiary/aromatic N) is 1. The van der Waals surface area contributed by atoms with E-state index in [2.05, 4.69) is 31.8 Å². The third-order valence-electron chi connectivity index (χ3n) is 1.60. The van der Waals surface area contributed by atoms with Crippen LogP contribution in [0.25, 0.3) is 0 Å². The highest BCUT2D eigenvalue weighted by atomic mass is 14.7. The fourth-order valence-corrected chi connectivity index (χ4v) is 0.463. The molecular formula is C9H17N. The van der Waals surface area contributed by atoms with Gasteiger partial charge in [0, 0.05) is 5.71 Å². The highest BCUT2D eigenvalue weighted by Gasteiger charge is 1.85. The van der Waals surface area contributed by atoms with E-state index in [1.165, 1.54) is 11.3 Å². The molecule has 0 saturated carbocycles. The standard InChI is InChI=1S/C9H17N/c1-5-8(3)7-10-9(4)6-2/h5H,6-7H2,1-4H3/b8-5+,10-9-. The Kier molecular flexibility index (Phi) is 4.91. The molecule has 0 heterocycles. The molecule has 0 unspecified atom stereocenters. The fourth-order valence-electron chi connectivity index (χ4n) is 0.463. The zero-order valence-electron chi connectivity index (χ0n) is 7.44. The Hall–Kier alpha value is -0.590. The highest BCUT2D eigenvalue weighted by Crippen LogP contribution is 1.93. The van der Waals surface area contributed by atoms with E-state index in [1.54, 1.807) is 0 Å². The van der Waals surface area contributed by atoms with Gasteiger partial charge >= 0.3 is 0 Å². The van der Waals surface area contributed by atoms with Gasteiger partial charge in [-0.1, -0.05) is 18.6 Å². The summed E-state index contributed by atoms with van der Waals surface area (Å²) in [4.78, 5) is 4.36. The van der Waals surface area contributed by atoms with Crippen LogP contribution in [-0.4, -0.2) is 12.3 Å². The predicted octanol–water partition coefficient (Wildman–Crippen LogP) is 2.82. The summed E-state index contributed by atoms with van der Waals surface area (Å²) in [6.07, 6.45) is 3.17. The maximum atomic E-state index is 4.36. The Morgan fingerprint density at radius 1 is 1.40 bits per heavy atom. The lowest BCUT2D eigenvalue weighted by Gasteiger charge is -1.95. The van der Waals surface area contributed by atoms with Gasteiger partial charge in [-0.05, 0) is 27.2 Å². The van der Waals surface area contributed by atoms with Crippen molar-refractivity contribution in [3.63, 3.8) is 0 Å². The third-order valence-corrected chi connectivity index (χ3v) is 1.60. The Morgan fingerprint density at radius 2 is 2.00 bits per heavy atom. The molecule has 0 saturated heterocycles. The second-order valence-corrected chi connectivity index (χ2v) is 2.54. The first-order chi connectivity index (χ1) is 4.70. The van der Waals surface area contributed by atoms with Gasteiger partial charge < -0.3 is 0 Å². The normalized spacial score (nSPS) is 14.0. The van der Waals surface area contributed by atoms with Crippen molar-refractivity contribution in [2.24, 2.45) is 4.99 Å². The molecule has 58 valence electrons. The molecule has 0 aliphatic heterocycles. The molecule has 1 heteroatoms. The largest absolute Gasteiger partial charge is 0.290 e. The summed E-state index contributed by atoms with van der Waals surface area (Å²) in [7, 11) is 0. The summed E-state index contributed by atoms with van der Waals surface area (Å²) in [5.74, 6) is 0. The summed E-state index contributed by atoms with van der Waals surface area (Å²) in [5, 5.41) is 0. The molecule has 0 spiro atoms. The molecule has 0 aliphatic carbocycles. The van der Waals surface area contributed by atoms with Crippen LogP contribution in [-0.2, 0) is 0 Å². The van der Waals surface area contributed by atoms with E-state index in [4.69, 9.17) is 0 Å². The van der Waals surface area contributed by atoms with Crippen LogP contribution in [0.15, 0.2) is 16.6 Å². The Balaban J connectivity index is 3.72. The first kappa shape index (κ1) is 9.41. The molecule has 0 aromatic carbocycles. The molecule has 10 heavy (non-hydrogen) atoms. The van der Waals surface area contributed by atoms with Gasteiger partial charge in [0.1, 0.15) is 0 Å². The van der Waals surface area contributed by atoms with Crippen molar-refractivity contribution in [1.82, 2.24) is 0 Å². The summed E-state index contributed by atoms with van der Waals surface area (Å²) in [6, 6.07) is 0. The van der Waals surface area contributed by atoms with Gasteiger partial charge in [-0.25, -0.2) is 0 Å². The van der Waals surface area contributed by atoms with Crippen molar-refractivity contribution in [2.75, 3.05) is 6.54 Å². The minimum Gasteiger partial charge on any atom is -0.290 e. The summed E-state index contributed by atoms with van der Waals surface area (Å²) in [5.41, 5.74) is 2.58. The quantitative estimate of drug-likeness (QED) is 0.421. The smallest absolute Gasteiger partial charge is 0.0596 e. The predicted molar refractivity (Wildman–Crippen MR) is 47.7 cm³/mol. The molecule has 0 atom stereocenters. The van der Waals surface area contributed by atoms with E-state index in [-0.39, 0.29) is 0 Å². The van der Waals surface area contributed by atoms with Crippen LogP contribution in [0, 0.1) is 0 Å². The van der Waals surface area contributed by atoms with Gasteiger partial charge in [-0.15, -0.1) is 0 Å². The van der Waals surface area contributed by atoms with E-state index < -0.39 is 0 Å². The minimum absolute atomic E-state index is 0.871. The van der Waals surface area contributed by atoms with E-state index >= 15 is 0 Å². The zero-order chi connectivity index (χ0) is 7.98. The van der Waals surface area contributed by atoms with Crippen molar-refractivity contribution in [3.05, 3.63) is 11.6 Å². The zero-order valence-corrected chi connectivity index (χ0v) is 7.44. The Bertz CT molecular complexity index is 143. The molecule has 0 radical (unpaired) electrons. The summed E-state index contributed by atoms with van der Waals surface area (Å²) >= 11 is 0. The maximum Gasteiger partial charge on any atom is 0.0596 e. The molecule has 0 bridgehead atoms. The summed E-state index contributed by atoms with van der Waals surface area (Å²) in [6.45, 7) is 9.22. The minimum atomic E-state index is 0.871. The van der Waals surface area contributed by atoms with Gasteiger partial charge in [0.2, 0.25) is 0 Å². The van der Waals surface area contributed by atoms with Crippen molar-refractivity contribution in [1.29, 1.82) is 0 Å². The van der Waals surface area contributed by atoms with Crippen LogP contribution in [0.4, 0.5) is 0 Å². The van der Waals surface area contributed by atoms with Crippen LogP contribution in [0.5, 0.6) is 0 Å². The Morgan fingerprint density at radius 3 is 2.40 bits per heavy atom. The van der Waals surface area contributed by atoms with Crippen LogP contribution < -0.4 is 0 Å².